The molecule has 0 spiro atoms. The Labute approximate surface area is 193 Å². The molecule has 1 aliphatic heterocycles. The maximum atomic E-state index is 13.0. The minimum Gasteiger partial charge on any atom is -0.322 e. The number of carbonyl (C=O) groups excluding carboxylic acids is 1. The summed E-state index contributed by atoms with van der Waals surface area (Å²) in [5.41, 5.74) is 2.54. The number of H-pyrrole nitrogens is 1. The molecule has 2 aromatic carbocycles. The van der Waals surface area contributed by atoms with Gasteiger partial charge in [0.25, 0.3) is 5.91 Å². The number of hydrogen-bond donors (Lipinski definition) is 2. The van der Waals surface area contributed by atoms with Gasteiger partial charge in [-0.2, -0.15) is 9.40 Å². The summed E-state index contributed by atoms with van der Waals surface area (Å²) in [5, 5.41) is 10.2. The Morgan fingerprint density at radius 2 is 1.79 bits per heavy atom. The van der Waals surface area contributed by atoms with Crippen LogP contribution in [0.4, 0.5) is 5.69 Å². The van der Waals surface area contributed by atoms with Gasteiger partial charge in [-0.1, -0.05) is 12.5 Å². The van der Waals surface area contributed by atoms with Crippen molar-refractivity contribution >= 4 is 21.6 Å². The largest absolute Gasteiger partial charge is 0.322 e. The van der Waals surface area contributed by atoms with Gasteiger partial charge in [0, 0.05) is 35.8 Å². The number of nitrogens with zero attached hydrogens (tertiary/aromatic N) is 3. The maximum absolute atomic E-state index is 13.0. The third-order valence-electron chi connectivity index (χ3n) is 6.27. The Balaban J connectivity index is 1.32. The molecule has 2 N–H and O–H groups in total. The number of sulfonamides is 1. The molecule has 9 heteroatoms. The fourth-order valence-corrected chi connectivity index (χ4v) is 5.65. The van der Waals surface area contributed by atoms with Crippen molar-refractivity contribution < 1.29 is 13.2 Å². The van der Waals surface area contributed by atoms with E-state index in [0.717, 1.165) is 49.1 Å². The van der Waals surface area contributed by atoms with E-state index in [9.17, 15) is 13.2 Å². The molecular weight excluding hydrogens is 438 g/mol. The van der Waals surface area contributed by atoms with Gasteiger partial charge < -0.3 is 5.32 Å². The lowest BCUT2D eigenvalue weighted by atomic mass is 10.1. The van der Waals surface area contributed by atoms with Crippen molar-refractivity contribution in [2.24, 2.45) is 0 Å². The monoisotopic (exact) mass is 465 g/mol. The molecule has 3 aromatic rings. The molecule has 1 saturated carbocycles. The number of anilines is 1. The van der Waals surface area contributed by atoms with E-state index >= 15 is 0 Å². The van der Waals surface area contributed by atoms with Crippen molar-refractivity contribution in [3.8, 4) is 11.4 Å². The standard InChI is InChI=1S/C24H27N5O3S/c1-16-5-12-20(33(31,32)29-13-3-2-4-14-29)15-21(16)24(30)25-19-10-8-18(9-11-19)23-26-22(27-28-23)17-6-7-17/h5,8-12,15,17H,2-4,6-7,13-14H2,1H3,(H,25,30)(H,26,27,28). The lowest BCUT2D eigenvalue weighted by Crippen LogP contribution is -2.35. The second kappa shape index (κ2) is 8.72. The number of rotatable bonds is 6. The molecule has 1 saturated heterocycles. The zero-order chi connectivity index (χ0) is 23.0. The Hall–Kier alpha value is -3.04. The summed E-state index contributed by atoms with van der Waals surface area (Å²) >= 11 is 0. The van der Waals surface area contributed by atoms with Crippen LogP contribution in [0.3, 0.4) is 0 Å². The van der Waals surface area contributed by atoms with E-state index in [2.05, 4.69) is 20.5 Å². The summed E-state index contributed by atoms with van der Waals surface area (Å²) in [6.07, 6.45) is 5.08. The summed E-state index contributed by atoms with van der Waals surface area (Å²) in [6.45, 7) is 2.85. The first-order chi connectivity index (χ1) is 15.9. The van der Waals surface area contributed by atoms with Crippen LogP contribution in [0, 0.1) is 6.92 Å². The van der Waals surface area contributed by atoms with Gasteiger partial charge in [-0.15, -0.1) is 0 Å². The zero-order valence-corrected chi connectivity index (χ0v) is 19.4. The van der Waals surface area contributed by atoms with Crippen LogP contribution >= 0.6 is 0 Å². The average molecular weight is 466 g/mol. The molecule has 0 atom stereocenters. The molecule has 2 aliphatic rings. The second-order valence-corrected chi connectivity index (χ2v) is 10.7. The van der Waals surface area contributed by atoms with Crippen LogP contribution in [0.5, 0.6) is 0 Å². The van der Waals surface area contributed by atoms with Crippen molar-refractivity contribution in [1.82, 2.24) is 19.5 Å². The number of nitrogens with one attached hydrogen (secondary N) is 2. The molecule has 2 heterocycles. The highest BCUT2D eigenvalue weighted by atomic mass is 32.2. The lowest BCUT2D eigenvalue weighted by Gasteiger charge is -2.26. The summed E-state index contributed by atoms with van der Waals surface area (Å²) in [4.78, 5) is 17.7. The van der Waals surface area contributed by atoms with E-state index in [-0.39, 0.29) is 10.8 Å². The van der Waals surface area contributed by atoms with E-state index in [0.29, 0.717) is 36.1 Å². The molecule has 33 heavy (non-hydrogen) atoms. The van der Waals surface area contributed by atoms with Crippen LogP contribution in [0.1, 0.15) is 59.8 Å². The predicted molar refractivity (Wildman–Crippen MR) is 126 cm³/mol. The highest BCUT2D eigenvalue weighted by Crippen LogP contribution is 2.38. The maximum Gasteiger partial charge on any atom is 0.255 e. The third kappa shape index (κ3) is 4.56. The van der Waals surface area contributed by atoms with Gasteiger partial charge in [0.15, 0.2) is 5.82 Å². The van der Waals surface area contributed by atoms with E-state index in [1.165, 1.54) is 10.4 Å². The fourth-order valence-electron chi connectivity index (χ4n) is 4.10. The van der Waals surface area contributed by atoms with E-state index in [1.54, 1.807) is 31.2 Å². The smallest absolute Gasteiger partial charge is 0.255 e. The average Bonchev–Trinajstić information content (AvgIpc) is 3.57. The first kappa shape index (κ1) is 21.8. The highest BCUT2D eigenvalue weighted by molar-refractivity contribution is 7.89. The molecule has 5 rings (SSSR count). The Morgan fingerprint density at radius 1 is 1.06 bits per heavy atom. The first-order valence-electron chi connectivity index (χ1n) is 11.4. The molecule has 1 aliphatic carbocycles. The highest BCUT2D eigenvalue weighted by Gasteiger charge is 2.28. The number of hydrogen-bond acceptors (Lipinski definition) is 5. The lowest BCUT2D eigenvalue weighted by molar-refractivity contribution is 0.102. The molecule has 1 amide bonds. The molecule has 0 radical (unpaired) electrons. The van der Waals surface area contributed by atoms with Crippen molar-refractivity contribution in [2.75, 3.05) is 18.4 Å². The number of aromatic amines is 1. The molecule has 1 aromatic heterocycles. The van der Waals surface area contributed by atoms with Crippen molar-refractivity contribution in [3.63, 3.8) is 0 Å². The molecular formula is C24H27N5O3S. The van der Waals surface area contributed by atoms with E-state index < -0.39 is 10.0 Å². The van der Waals surface area contributed by atoms with E-state index in [1.807, 2.05) is 12.1 Å². The van der Waals surface area contributed by atoms with E-state index in [4.69, 9.17) is 0 Å². The molecule has 2 fully saturated rings. The summed E-state index contributed by atoms with van der Waals surface area (Å²) in [7, 11) is -3.61. The summed E-state index contributed by atoms with van der Waals surface area (Å²) < 4.78 is 27.6. The normalized spacial score (nSPS) is 17.1. The third-order valence-corrected chi connectivity index (χ3v) is 8.17. The molecule has 0 unspecified atom stereocenters. The minimum atomic E-state index is -3.61. The van der Waals surface area contributed by atoms with Crippen molar-refractivity contribution in [3.05, 3.63) is 59.4 Å². The minimum absolute atomic E-state index is 0.159. The quantitative estimate of drug-likeness (QED) is 0.570. The van der Waals surface area contributed by atoms with Gasteiger partial charge >= 0.3 is 0 Å². The van der Waals surface area contributed by atoms with Gasteiger partial charge in [0.05, 0.1) is 4.90 Å². The van der Waals surface area contributed by atoms with Gasteiger partial charge in [0.2, 0.25) is 10.0 Å². The van der Waals surface area contributed by atoms with Crippen molar-refractivity contribution in [2.45, 2.75) is 49.8 Å². The Morgan fingerprint density at radius 3 is 2.48 bits per heavy atom. The number of aryl methyl sites for hydroxylation is 1. The second-order valence-electron chi connectivity index (χ2n) is 8.79. The van der Waals surface area contributed by atoms with Crippen LogP contribution in [0.15, 0.2) is 47.4 Å². The van der Waals surface area contributed by atoms with Crippen LogP contribution in [0.2, 0.25) is 0 Å². The summed E-state index contributed by atoms with van der Waals surface area (Å²) in [6, 6.07) is 12.1. The molecule has 172 valence electrons. The first-order valence-corrected chi connectivity index (χ1v) is 12.8. The van der Waals surface area contributed by atoms with Gasteiger partial charge in [0.1, 0.15) is 5.82 Å². The number of benzene rings is 2. The Bertz CT molecular complexity index is 1270. The molecule has 0 bridgehead atoms. The number of carbonyl (C=O) groups is 1. The zero-order valence-electron chi connectivity index (χ0n) is 18.5. The van der Waals surface area contributed by atoms with Crippen LogP contribution < -0.4 is 5.32 Å². The predicted octanol–water partition coefficient (Wildman–Crippen LogP) is 4.08. The van der Waals surface area contributed by atoms with Crippen LogP contribution in [0.25, 0.3) is 11.4 Å². The number of piperidine rings is 1. The van der Waals surface area contributed by atoms with Crippen molar-refractivity contribution in [1.29, 1.82) is 0 Å². The summed E-state index contributed by atoms with van der Waals surface area (Å²) in [5.74, 6) is 1.73. The topological polar surface area (TPSA) is 108 Å². The Kier molecular flexibility index (Phi) is 5.76. The van der Waals surface area contributed by atoms with Gasteiger partial charge in [-0.25, -0.2) is 13.4 Å². The van der Waals surface area contributed by atoms with Crippen LogP contribution in [-0.4, -0.2) is 46.9 Å². The van der Waals surface area contributed by atoms with Crippen LogP contribution in [-0.2, 0) is 10.0 Å². The molecule has 8 nitrogen and oxygen atoms in total. The van der Waals surface area contributed by atoms with Gasteiger partial charge in [-0.3, -0.25) is 9.89 Å². The van der Waals surface area contributed by atoms with Gasteiger partial charge in [-0.05, 0) is 74.6 Å². The number of amides is 1. The fraction of sp³-hybridized carbons (Fsp3) is 0.375. The number of aromatic nitrogens is 3. The SMILES string of the molecule is Cc1ccc(S(=O)(=O)N2CCCCC2)cc1C(=O)Nc1ccc(-c2n[nH]c(C3CC3)n2)cc1.